The molecule has 1 N–H and O–H groups in total. The van der Waals surface area contributed by atoms with Crippen molar-refractivity contribution in [3.05, 3.63) is 48.8 Å². The van der Waals surface area contributed by atoms with Crippen molar-refractivity contribution in [2.75, 3.05) is 19.7 Å². The van der Waals surface area contributed by atoms with Gasteiger partial charge in [-0.3, -0.25) is 4.98 Å². The monoisotopic (exact) mass is 389 g/mol. The van der Waals surface area contributed by atoms with Crippen LogP contribution in [0.3, 0.4) is 0 Å². The second-order valence-corrected chi connectivity index (χ2v) is 8.06. The van der Waals surface area contributed by atoms with Gasteiger partial charge in [-0.25, -0.2) is 17.9 Å². The van der Waals surface area contributed by atoms with Crippen molar-refractivity contribution in [2.45, 2.75) is 30.7 Å². The van der Waals surface area contributed by atoms with Crippen LogP contribution in [0.5, 0.6) is 0 Å². The Morgan fingerprint density at radius 3 is 2.30 bits per heavy atom. The lowest BCUT2D eigenvalue weighted by Crippen LogP contribution is -2.46. The van der Waals surface area contributed by atoms with Crippen LogP contribution in [0.25, 0.3) is 11.1 Å². The highest BCUT2D eigenvalue weighted by atomic mass is 32.2. The van der Waals surface area contributed by atoms with Crippen molar-refractivity contribution in [3.8, 4) is 11.1 Å². The maximum atomic E-state index is 12.6. The second kappa shape index (κ2) is 8.49. The summed E-state index contributed by atoms with van der Waals surface area (Å²) in [5.41, 5.74) is 1.91. The number of pyridine rings is 1. The number of aromatic nitrogens is 1. The molecule has 0 radical (unpaired) electrons. The highest BCUT2D eigenvalue weighted by molar-refractivity contribution is 7.89. The number of piperidine rings is 1. The number of sulfonamides is 1. The molecule has 144 valence electrons. The van der Waals surface area contributed by atoms with Crippen molar-refractivity contribution in [2.24, 2.45) is 0 Å². The van der Waals surface area contributed by atoms with Crippen LogP contribution in [-0.2, 0) is 14.8 Å². The number of benzene rings is 1. The summed E-state index contributed by atoms with van der Waals surface area (Å²) in [6.45, 7) is 3.06. The SMILES string of the molecule is CCOC(=O)N1CCC(NS(=O)(=O)c2ccc(-c3ccncc3)cc2)CC1. The summed E-state index contributed by atoms with van der Waals surface area (Å²) in [6.07, 6.45) is 4.18. The molecule has 7 nitrogen and oxygen atoms in total. The molecule has 8 heteroatoms. The van der Waals surface area contributed by atoms with Gasteiger partial charge in [0.05, 0.1) is 11.5 Å². The molecule has 1 aliphatic rings. The lowest BCUT2D eigenvalue weighted by Gasteiger charge is -2.31. The summed E-state index contributed by atoms with van der Waals surface area (Å²) in [5, 5.41) is 0. The predicted molar refractivity (Wildman–Crippen MR) is 102 cm³/mol. The average Bonchev–Trinajstić information content (AvgIpc) is 2.69. The Bertz CT molecular complexity index is 862. The molecule has 1 fully saturated rings. The first-order chi connectivity index (χ1) is 13.0. The zero-order chi connectivity index (χ0) is 19.3. The van der Waals surface area contributed by atoms with Crippen molar-refractivity contribution in [1.29, 1.82) is 0 Å². The average molecular weight is 389 g/mol. The number of likely N-dealkylation sites (tertiary alicyclic amines) is 1. The summed E-state index contributed by atoms with van der Waals surface area (Å²) >= 11 is 0. The zero-order valence-corrected chi connectivity index (χ0v) is 16.0. The fraction of sp³-hybridized carbons (Fsp3) is 0.368. The van der Waals surface area contributed by atoms with E-state index in [4.69, 9.17) is 4.74 Å². The molecule has 2 aromatic rings. The molecule has 0 saturated carbocycles. The minimum atomic E-state index is -3.60. The summed E-state index contributed by atoms with van der Waals surface area (Å²) in [7, 11) is -3.60. The molecule has 0 atom stereocenters. The van der Waals surface area contributed by atoms with Crippen LogP contribution < -0.4 is 4.72 Å². The molecular formula is C19H23N3O4S. The Kier molecular flexibility index (Phi) is 6.08. The van der Waals surface area contributed by atoms with Gasteiger partial charge >= 0.3 is 6.09 Å². The number of nitrogens with one attached hydrogen (secondary N) is 1. The Morgan fingerprint density at radius 2 is 1.70 bits per heavy atom. The van der Waals surface area contributed by atoms with E-state index in [0.717, 1.165) is 11.1 Å². The number of amides is 1. The standard InChI is InChI=1S/C19H23N3O4S/c1-2-26-19(23)22-13-9-17(10-14-22)21-27(24,25)18-5-3-15(4-6-18)16-7-11-20-12-8-16/h3-8,11-12,17,21H,2,9-10,13-14H2,1H3. The van der Waals surface area contributed by atoms with Crippen molar-refractivity contribution in [1.82, 2.24) is 14.6 Å². The van der Waals surface area contributed by atoms with Crippen molar-refractivity contribution in [3.63, 3.8) is 0 Å². The third-order valence-corrected chi connectivity index (χ3v) is 6.06. The lowest BCUT2D eigenvalue weighted by atomic mass is 10.1. The third kappa shape index (κ3) is 4.84. The molecule has 1 aromatic heterocycles. The number of carbonyl (C=O) groups excluding carboxylic acids is 1. The van der Waals surface area contributed by atoms with Crippen LogP contribution in [-0.4, -0.2) is 50.1 Å². The summed E-state index contributed by atoms with van der Waals surface area (Å²) in [6, 6.07) is 10.3. The third-order valence-electron chi connectivity index (χ3n) is 4.52. The summed E-state index contributed by atoms with van der Waals surface area (Å²) < 4.78 is 33.0. The fourth-order valence-corrected chi connectivity index (χ4v) is 4.36. The van der Waals surface area contributed by atoms with Gasteiger partial charge in [-0.15, -0.1) is 0 Å². The van der Waals surface area contributed by atoms with E-state index in [0.29, 0.717) is 32.5 Å². The Balaban J connectivity index is 1.61. The van der Waals surface area contributed by atoms with Gasteiger partial charge in [-0.1, -0.05) is 12.1 Å². The normalized spacial score (nSPS) is 15.5. The quantitative estimate of drug-likeness (QED) is 0.849. The van der Waals surface area contributed by atoms with Gasteiger partial charge < -0.3 is 9.64 Å². The zero-order valence-electron chi connectivity index (χ0n) is 15.2. The maximum Gasteiger partial charge on any atom is 0.409 e. The minimum Gasteiger partial charge on any atom is -0.450 e. The second-order valence-electron chi connectivity index (χ2n) is 6.34. The summed E-state index contributed by atoms with van der Waals surface area (Å²) in [4.78, 5) is 17.5. The van der Waals surface area contributed by atoms with Crippen LogP contribution in [0.1, 0.15) is 19.8 Å². The first kappa shape index (κ1) is 19.3. The molecule has 0 spiro atoms. The Labute approximate surface area is 159 Å². The van der Waals surface area contributed by atoms with E-state index in [1.807, 2.05) is 12.1 Å². The molecule has 0 aliphatic carbocycles. The van der Waals surface area contributed by atoms with E-state index < -0.39 is 10.0 Å². The van der Waals surface area contributed by atoms with E-state index in [9.17, 15) is 13.2 Å². The van der Waals surface area contributed by atoms with Gasteiger partial charge in [-0.2, -0.15) is 0 Å². The van der Waals surface area contributed by atoms with E-state index in [-0.39, 0.29) is 17.0 Å². The van der Waals surface area contributed by atoms with E-state index in [2.05, 4.69) is 9.71 Å². The molecule has 3 rings (SSSR count). The smallest absolute Gasteiger partial charge is 0.409 e. The number of carbonyl (C=O) groups is 1. The van der Waals surface area contributed by atoms with Gasteiger partial charge in [0.1, 0.15) is 0 Å². The first-order valence-corrected chi connectivity index (χ1v) is 10.4. The van der Waals surface area contributed by atoms with Gasteiger partial charge in [-0.05, 0) is 55.2 Å². The minimum absolute atomic E-state index is 0.194. The number of rotatable bonds is 5. The molecule has 1 amide bonds. The highest BCUT2D eigenvalue weighted by Crippen LogP contribution is 2.21. The van der Waals surface area contributed by atoms with E-state index in [1.54, 1.807) is 48.5 Å². The Hall–Kier alpha value is -2.45. The number of nitrogens with zero attached hydrogens (tertiary/aromatic N) is 2. The molecule has 0 bridgehead atoms. The van der Waals surface area contributed by atoms with E-state index >= 15 is 0 Å². The molecule has 0 unspecified atom stereocenters. The van der Waals surface area contributed by atoms with Crippen LogP contribution in [0, 0.1) is 0 Å². The maximum absolute atomic E-state index is 12.6. The molecule has 2 heterocycles. The number of ether oxygens (including phenoxy) is 1. The van der Waals surface area contributed by atoms with Crippen LogP contribution in [0.2, 0.25) is 0 Å². The fourth-order valence-electron chi connectivity index (χ4n) is 3.05. The highest BCUT2D eigenvalue weighted by Gasteiger charge is 2.27. The molecule has 1 saturated heterocycles. The van der Waals surface area contributed by atoms with Gasteiger partial charge in [0.25, 0.3) is 0 Å². The first-order valence-electron chi connectivity index (χ1n) is 8.94. The van der Waals surface area contributed by atoms with E-state index in [1.165, 1.54) is 0 Å². The van der Waals surface area contributed by atoms with Gasteiger partial charge in [0.2, 0.25) is 10.0 Å². The van der Waals surface area contributed by atoms with Gasteiger partial charge in [0.15, 0.2) is 0 Å². The predicted octanol–water partition coefficient (Wildman–Crippen LogP) is 2.65. The molecule has 1 aromatic carbocycles. The number of hydrogen-bond donors (Lipinski definition) is 1. The molecule has 27 heavy (non-hydrogen) atoms. The molecular weight excluding hydrogens is 366 g/mol. The largest absolute Gasteiger partial charge is 0.450 e. The van der Waals surface area contributed by atoms with Crippen molar-refractivity contribution < 1.29 is 17.9 Å². The number of hydrogen-bond acceptors (Lipinski definition) is 5. The van der Waals surface area contributed by atoms with Gasteiger partial charge in [0, 0.05) is 31.5 Å². The summed E-state index contributed by atoms with van der Waals surface area (Å²) in [5.74, 6) is 0. The van der Waals surface area contributed by atoms with Crippen molar-refractivity contribution >= 4 is 16.1 Å². The van der Waals surface area contributed by atoms with Crippen LogP contribution in [0.15, 0.2) is 53.7 Å². The Morgan fingerprint density at radius 1 is 1.11 bits per heavy atom. The topological polar surface area (TPSA) is 88.6 Å². The molecule has 1 aliphatic heterocycles. The van der Waals surface area contributed by atoms with Crippen LogP contribution in [0.4, 0.5) is 4.79 Å². The van der Waals surface area contributed by atoms with Crippen LogP contribution >= 0.6 is 0 Å². The lowest BCUT2D eigenvalue weighted by molar-refractivity contribution is 0.0966.